The maximum Gasteiger partial charge on any atom is 0.254 e. The third-order valence-electron chi connectivity index (χ3n) is 3.83. The van der Waals surface area contributed by atoms with Gasteiger partial charge in [-0.2, -0.15) is 0 Å². The number of carbonyl (C=O) groups excluding carboxylic acids is 1. The largest absolute Gasteiger partial charge is 0.349 e. The lowest BCUT2D eigenvalue weighted by Crippen LogP contribution is -2.39. The Kier molecular flexibility index (Phi) is 4.34. The van der Waals surface area contributed by atoms with Gasteiger partial charge in [-0.1, -0.05) is 31.4 Å². The summed E-state index contributed by atoms with van der Waals surface area (Å²) in [6.45, 7) is 2.02. The van der Waals surface area contributed by atoms with Crippen molar-refractivity contribution in [3.8, 4) is 0 Å². The van der Waals surface area contributed by atoms with Gasteiger partial charge in [-0.3, -0.25) is 4.79 Å². The number of nitrogens with one attached hydrogen (secondary N) is 1. The SMILES string of the molecule is C[C@H](NC(=O)c1ccccc1F)C1CCCCC1. The molecule has 1 aliphatic rings. The van der Waals surface area contributed by atoms with Gasteiger partial charge in [0.1, 0.15) is 5.82 Å². The van der Waals surface area contributed by atoms with Crippen molar-refractivity contribution in [3.63, 3.8) is 0 Å². The number of halogens is 1. The molecular formula is C15H20FNO. The van der Waals surface area contributed by atoms with Crippen LogP contribution in [-0.2, 0) is 0 Å². The standard InChI is InChI=1S/C15H20FNO/c1-11(12-7-3-2-4-8-12)17-15(18)13-9-5-6-10-14(13)16/h5-6,9-12H,2-4,7-8H2,1H3,(H,17,18)/t11-/m0/s1. The highest BCUT2D eigenvalue weighted by Crippen LogP contribution is 2.26. The summed E-state index contributed by atoms with van der Waals surface area (Å²) in [7, 11) is 0. The van der Waals surface area contributed by atoms with E-state index in [2.05, 4.69) is 5.32 Å². The number of hydrogen-bond donors (Lipinski definition) is 1. The summed E-state index contributed by atoms with van der Waals surface area (Å²) in [5, 5.41) is 2.93. The Morgan fingerprint density at radius 2 is 1.94 bits per heavy atom. The van der Waals surface area contributed by atoms with E-state index in [1.54, 1.807) is 12.1 Å². The lowest BCUT2D eigenvalue weighted by Gasteiger charge is -2.28. The molecule has 18 heavy (non-hydrogen) atoms. The van der Waals surface area contributed by atoms with Crippen molar-refractivity contribution in [2.45, 2.75) is 45.1 Å². The first kappa shape index (κ1) is 13.1. The van der Waals surface area contributed by atoms with Crippen LogP contribution in [0.5, 0.6) is 0 Å². The minimum absolute atomic E-state index is 0.123. The molecular weight excluding hydrogens is 229 g/mol. The van der Waals surface area contributed by atoms with Gasteiger partial charge in [-0.15, -0.1) is 0 Å². The fourth-order valence-corrected chi connectivity index (χ4v) is 2.68. The van der Waals surface area contributed by atoms with Crippen LogP contribution in [0.4, 0.5) is 4.39 Å². The summed E-state index contributed by atoms with van der Waals surface area (Å²) in [6, 6.07) is 6.25. The lowest BCUT2D eigenvalue weighted by atomic mass is 9.84. The van der Waals surface area contributed by atoms with Crippen LogP contribution >= 0.6 is 0 Å². The van der Waals surface area contributed by atoms with Gasteiger partial charge in [-0.05, 0) is 37.8 Å². The Labute approximate surface area is 108 Å². The maximum absolute atomic E-state index is 13.5. The second-order valence-corrected chi connectivity index (χ2v) is 5.14. The first-order chi connectivity index (χ1) is 8.68. The first-order valence-electron chi connectivity index (χ1n) is 6.74. The Morgan fingerprint density at radius 3 is 2.61 bits per heavy atom. The van der Waals surface area contributed by atoms with E-state index >= 15 is 0 Å². The second-order valence-electron chi connectivity index (χ2n) is 5.14. The summed E-state index contributed by atoms with van der Waals surface area (Å²) >= 11 is 0. The topological polar surface area (TPSA) is 29.1 Å². The molecule has 1 saturated carbocycles. The highest BCUT2D eigenvalue weighted by molar-refractivity contribution is 5.94. The van der Waals surface area contributed by atoms with Crippen molar-refractivity contribution in [1.29, 1.82) is 0 Å². The number of carbonyl (C=O) groups is 1. The normalized spacial score (nSPS) is 18.3. The smallest absolute Gasteiger partial charge is 0.254 e. The third-order valence-corrected chi connectivity index (χ3v) is 3.83. The molecule has 2 nitrogen and oxygen atoms in total. The van der Waals surface area contributed by atoms with Crippen LogP contribution in [0.15, 0.2) is 24.3 Å². The van der Waals surface area contributed by atoms with Gasteiger partial charge in [0.15, 0.2) is 0 Å². The average Bonchev–Trinajstić information content (AvgIpc) is 2.40. The molecule has 1 N–H and O–H groups in total. The zero-order valence-electron chi connectivity index (χ0n) is 10.8. The van der Waals surface area contributed by atoms with Crippen molar-refractivity contribution < 1.29 is 9.18 Å². The second kappa shape index (κ2) is 5.98. The molecule has 0 unspecified atom stereocenters. The molecule has 0 aliphatic heterocycles. The van der Waals surface area contributed by atoms with E-state index in [1.807, 2.05) is 6.92 Å². The van der Waals surface area contributed by atoms with Gasteiger partial charge in [0.05, 0.1) is 5.56 Å². The fourth-order valence-electron chi connectivity index (χ4n) is 2.68. The highest BCUT2D eigenvalue weighted by Gasteiger charge is 2.22. The quantitative estimate of drug-likeness (QED) is 0.872. The van der Waals surface area contributed by atoms with Crippen LogP contribution in [0.2, 0.25) is 0 Å². The van der Waals surface area contributed by atoms with Crippen LogP contribution < -0.4 is 5.32 Å². The summed E-state index contributed by atoms with van der Waals surface area (Å²) in [6.07, 6.45) is 6.11. The zero-order chi connectivity index (χ0) is 13.0. The lowest BCUT2D eigenvalue weighted by molar-refractivity contribution is 0.0915. The van der Waals surface area contributed by atoms with Crippen molar-refractivity contribution in [2.75, 3.05) is 0 Å². The minimum atomic E-state index is -0.453. The summed E-state index contributed by atoms with van der Waals surface area (Å²) in [5.41, 5.74) is 0.139. The van der Waals surface area contributed by atoms with E-state index in [9.17, 15) is 9.18 Å². The van der Waals surface area contributed by atoms with Crippen LogP contribution in [0.25, 0.3) is 0 Å². The molecule has 0 bridgehead atoms. The summed E-state index contributed by atoms with van der Waals surface area (Å²) in [4.78, 5) is 12.0. The molecule has 1 amide bonds. The maximum atomic E-state index is 13.5. The number of rotatable bonds is 3. The minimum Gasteiger partial charge on any atom is -0.349 e. The molecule has 1 aliphatic carbocycles. The Bertz CT molecular complexity index is 413. The van der Waals surface area contributed by atoms with Gasteiger partial charge in [-0.25, -0.2) is 4.39 Å². The fraction of sp³-hybridized carbons (Fsp3) is 0.533. The highest BCUT2D eigenvalue weighted by atomic mass is 19.1. The molecule has 0 saturated heterocycles. The van der Waals surface area contributed by atoms with Crippen molar-refractivity contribution >= 4 is 5.91 Å². The molecule has 0 radical (unpaired) electrons. The molecule has 98 valence electrons. The molecule has 3 heteroatoms. The summed E-state index contributed by atoms with van der Waals surface area (Å²) < 4.78 is 13.5. The van der Waals surface area contributed by atoms with Crippen LogP contribution in [-0.4, -0.2) is 11.9 Å². The van der Waals surface area contributed by atoms with Gasteiger partial charge >= 0.3 is 0 Å². The van der Waals surface area contributed by atoms with Crippen molar-refractivity contribution in [3.05, 3.63) is 35.6 Å². The van der Waals surface area contributed by atoms with Gasteiger partial charge in [0.2, 0.25) is 0 Å². The molecule has 1 aromatic carbocycles. The number of amides is 1. The van der Waals surface area contributed by atoms with Crippen molar-refractivity contribution in [1.82, 2.24) is 5.32 Å². The van der Waals surface area contributed by atoms with Crippen LogP contribution in [0.1, 0.15) is 49.4 Å². The number of hydrogen-bond acceptors (Lipinski definition) is 1. The molecule has 0 spiro atoms. The molecule has 0 aromatic heterocycles. The molecule has 2 rings (SSSR count). The van der Waals surface area contributed by atoms with Gasteiger partial charge < -0.3 is 5.32 Å². The molecule has 0 heterocycles. The number of benzene rings is 1. The first-order valence-corrected chi connectivity index (χ1v) is 6.74. The predicted octanol–water partition coefficient (Wildman–Crippen LogP) is 3.52. The van der Waals surface area contributed by atoms with Gasteiger partial charge in [0.25, 0.3) is 5.91 Å². The third kappa shape index (κ3) is 3.09. The van der Waals surface area contributed by atoms with Crippen LogP contribution in [0.3, 0.4) is 0 Å². The van der Waals surface area contributed by atoms with E-state index in [0.717, 1.165) is 0 Å². The zero-order valence-corrected chi connectivity index (χ0v) is 10.8. The average molecular weight is 249 g/mol. The van der Waals surface area contributed by atoms with Gasteiger partial charge in [0, 0.05) is 6.04 Å². The Balaban J connectivity index is 1.96. The Hall–Kier alpha value is -1.38. The monoisotopic (exact) mass is 249 g/mol. The van der Waals surface area contributed by atoms with Crippen LogP contribution in [0, 0.1) is 11.7 Å². The van der Waals surface area contributed by atoms with E-state index in [1.165, 1.54) is 44.2 Å². The Morgan fingerprint density at radius 1 is 1.28 bits per heavy atom. The van der Waals surface area contributed by atoms with Crippen molar-refractivity contribution in [2.24, 2.45) is 5.92 Å². The molecule has 1 atom stereocenters. The summed E-state index contributed by atoms with van der Waals surface area (Å²) in [5.74, 6) is -0.216. The van der Waals surface area contributed by atoms with E-state index in [0.29, 0.717) is 5.92 Å². The predicted molar refractivity (Wildman–Crippen MR) is 69.9 cm³/mol. The van der Waals surface area contributed by atoms with E-state index in [4.69, 9.17) is 0 Å². The van der Waals surface area contributed by atoms with E-state index < -0.39 is 5.82 Å². The molecule has 1 aromatic rings. The van der Waals surface area contributed by atoms with E-state index in [-0.39, 0.29) is 17.5 Å². The molecule has 1 fully saturated rings.